The predicted molar refractivity (Wildman–Crippen MR) is 91.2 cm³/mol. The molecule has 1 heterocycles. The van der Waals surface area contributed by atoms with E-state index in [1.54, 1.807) is 7.11 Å². The molecule has 1 fully saturated rings. The molecular weight excluding hydrogens is 292 g/mol. The van der Waals surface area contributed by atoms with Crippen molar-refractivity contribution in [3.05, 3.63) is 23.8 Å². The van der Waals surface area contributed by atoms with Gasteiger partial charge in [0.15, 0.2) is 11.5 Å². The molecule has 1 aromatic carbocycles. The van der Waals surface area contributed by atoms with Crippen molar-refractivity contribution >= 4 is 5.91 Å². The van der Waals surface area contributed by atoms with Crippen molar-refractivity contribution < 1.29 is 14.3 Å². The van der Waals surface area contributed by atoms with Crippen LogP contribution >= 0.6 is 0 Å². The molecule has 0 spiro atoms. The Kier molecular flexibility index (Phi) is 7.20. The molecule has 0 atom stereocenters. The summed E-state index contributed by atoms with van der Waals surface area (Å²) in [4.78, 5) is 14.3. The van der Waals surface area contributed by atoms with Gasteiger partial charge in [-0.2, -0.15) is 0 Å². The first-order valence-electron chi connectivity index (χ1n) is 8.52. The van der Waals surface area contributed by atoms with Gasteiger partial charge in [-0.3, -0.25) is 4.79 Å². The Labute approximate surface area is 139 Å². The minimum atomic E-state index is 0.235. The summed E-state index contributed by atoms with van der Waals surface area (Å²) in [6.45, 7) is 6.32. The van der Waals surface area contributed by atoms with Crippen LogP contribution in [0.25, 0.3) is 0 Å². The summed E-state index contributed by atoms with van der Waals surface area (Å²) in [5.41, 5.74) is 1.10. The quantitative estimate of drug-likeness (QED) is 0.837. The number of carbonyl (C=O) groups excluding carboxylic acids is 1. The molecule has 1 aliphatic rings. The van der Waals surface area contributed by atoms with Gasteiger partial charge in [0.05, 0.1) is 13.7 Å². The largest absolute Gasteiger partial charge is 0.493 e. The number of methoxy groups -OCH3 is 1. The van der Waals surface area contributed by atoms with Gasteiger partial charge in [-0.1, -0.05) is 13.0 Å². The highest BCUT2D eigenvalue weighted by molar-refractivity contribution is 5.76. The number of nitrogens with zero attached hydrogens (tertiary/aromatic N) is 1. The van der Waals surface area contributed by atoms with Crippen LogP contribution in [0.4, 0.5) is 0 Å². The molecule has 1 N–H and O–H groups in total. The summed E-state index contributed by atoms with van der Waals surface area (Å²) < 4.78 is 11.1. The van der Waals surface area contributed by atoms with Crippen LogP contribution in [-0.2, 0) is 11.2 Å². The maximum Gasteiger partial charge on any atom is 0.222 e. The highest BCUT2D eigenvalue weighted by Crippen LogP contribution is 2.28. The highest BCUT2D eigenvalue weighted by Gasteiger charge is 2.15. The molecule has 23 heavy (non-hydrogen) atoms. The van der Waals surface area contributed by atoms with Gasteiger partial charge in [-0.05, 0) is 43.5 Å². The highest BCUT2D eigenvalue weighted by atomic mass is 16.5. The third-order valence-corrected chi connectivity index (χ3v) is 4.01. The summed E-state index contributed by atoms with van der Waals surface area (Å²) in [5.74, 6) is 1.74. The number of nitrogens with one attached hydrogen (secondary N) is 1. The van der Waals surface area contributed by atoms with E-state index in [0.717, 1.165) is 62.5 Å². The number of aryl methyl sites for hydroxylation is 1. The van der Waals surface area contributed by atoms with Crippen molar-refractivity contribution in [1.29, 1.82) is 0 Å². The lowest BCUT2D eigenvalue weighted by molar-refractivity contribution is -0.130. The summed E-state index contributed by atoms with van der Waals surface area (Å²) in [7, 11) is 1.65. The minimum absolute atomic E-state index is 0.235. The van der Waals surface area contributed by atoms with Crippen LogP contribution in [0.2, 0.25) is 0 Å². The molecule has 1 aliphatic heterocycles. The van der Waals surface area contributed by atoms with Crippen LogP contribution in [0, 0.1) is 0 Å². The lowest BCUT2D eigenvalue weighted by atomic mass is 10.1. The zero-order valence-corrected chi connectivity index (χ0v) is 14.3. The minimum Gasteiger partial charge on any atom is -0.493 e. The molecule has 0 unspecified atom stereocenters. The molecule has 1 aromatic rings. The van der Waals surface area contributed by atoms with E-state index in [2.05, 4.69) is 12.2 Å². The predicted octanol–water partition coefficient (Wildman–Crippen LogP) is 2.24. The first-order chi connectivity index (χ1) is 11.2. The summed E-state index contributed by atoms with van der Waals surface area (Å²) >= 11 is 0. The third kappa shape index (κ3) is 5.43. The maximum atomic E-state index is 12.3. The van der Waals surface area contributed by atoms with E-state index in [1.807, 2.05) is 23.1 Å². The second kappa shape index (κ2) is 9.40. The van der Waals surface area contributed by atoms with Crippen molar-refractivity contribution in [3.63, 3.8) is 0 Å². The van der Waals surface area contributed by atoms with E-state index in [9.17, 15) is 4.79 Å². The molecule has 2 rings (SSSR count). The van der Waals surface area contributed by atoms with Crippen LogP contribution < -0.4 is 14.8 Å². The summed E-state index contributed by atoms with van der Waals surface area (Å²) in [5, 5.41) is 3.32. The molecule has 5 nitrogen and oxygen atoms in total. The van der Waals surface area contributed by atoms with E-state index in [4.69, 9.17) is 9.47 Å². The Morgan fingerprint density at radius 2 is 2.13 bits per heavy atom. The van der Waals surface area contributed by atoms with Crippen LogP contribution in [-0.4, -0.2) is 50.7 Å². The van der Waals surface area contributed by atoms with Crippen LogP contribution in [0.15, 0.2) is 18.2 Å². The standard InChI is InChI=1S/C18H28N2O3/c1-3-13-23-16-7-5-15(14-17(16)22-2)6-8-18(21)20-11-4-9-19-10-12-20/h5,7,14,19H,3-4,6,8-13H2,1-2H3. The number of hydrogen-bond donors (Lipinski definition) is 1. The summed E-state index contributed by atoms with van der Waals surface area (Å²) in [6.07, 6.45) is 3.26. The van der Waals surface area contributed by atoms with E-state index < -0.39 is 0 Å². The Hall–Kier alpha value is -1.75. The molecule has 0 saturated carbocycles. The van der Waals surface area contributed by atoms with E-state index in [1.165, 1.54) is 0 Å². The average Bonchev–Trinajstić information content (AvgIpc) is 2.87. The van der Waals surface area contributed by atoms with Crippen LogP contribution in [0.3, 0.4) is 0 Å². The van der Waals surface area contributed by atoms with Crippen LogP contribution in [0.1, 0.15) is 31.7 Å². The Balaban J connectivity index is 1.90. The van der Waals surface area contributed by atoms with Gasteiger partial charge in [-0.15, -0.1) is 0 Å². The molecule has 5 heteroatoms. The molecule has 0 aromatic heterocycles. The van der Waals surface area contributed by atoms with Crippen molar-refractivity contribution in [1.82, 2.24) is 10.2 Å². The fourth-order valence-electron chi connectivity index (χ4n) is 2.70. The zero-order valence-electron chi connectivity index (χ0n) is 14.3. The Morgan fingerprint density at radius 1 is 1.26 bits per heavy atom. The molecular formula is C18H28N2O3. The average molecular weight is 320 g/mol. The van der Waals surface area contributed by atoms with E-state index in [-0.39, 0.29) is 5.91 Å². The van der Waals surface area contributed by atoms with Gasteiger partial charge in [0.25, 0.3) is 0 Å². The summed E-state index contributed by atoms with van der Waals surface area (Å²) in [6, 6.07) is 5.93. The number of benzene rings is 1. The van der Waals surface area contributed by atoms with Crippen molar-refractivity contribution in [2.45, 2.75) is 32.6 Å². The molecule has 0 bridgehead atoms. The van der Waals surface area contributed by atoms with Crippen LogP contribution in [0.5, 0.6) is 11.5 Å². The molecule has 1 saturated heterocycles. The number of amides is 1. The van der Waals surface area contributed by atoms with Crippen molar-refractivity contribution in [3.8, 4) is 11.5 Å². The Morgan fingerprint density at radius 3 is 2.91 bits per heavy atom. The second-order valence-corrected chi connectivity index (χ2v) is 5.82. The molecule has 1 amide bonds. The second-order valence-electron chi connectivity index (χ2n) is 5.82. The molecule has 0 aliphatic carbocycles. The first kappa shape index (κ1) is 17.6. The zero-order chi connectivity index (χ0) is 16.5. The van der Waals surface area contributed by atoms with Crippen molar-refractivity contribution in [2.75, 3.05) is 39.9 Å². The van der Waals surface area contributed by atoms with Gasteiger partial charge in [-0.25, -0.2) is 0 Å². The lowest BCUT2D eigenvalue weighted by Crippen LogP contribution is -2.34. The van der Waals surface area contributed by atoms with Gasteiger partial charge in [0.2, 0.25) is 5.91 Å². The number of carbonyl (C=O) groups is 1. The molecule has 0 radical (unpaired) electrons. The van der Waals surface area contributed by atoms with Gasteiger partial charge in [0, 0.05) is 26.1 Å². The van der Waals surface area contributed by atoms with Gasteiger partial charge >= 0.3 is 0 Å². The third-order valence-electron chi connectivity index (χ3n) is 4.01. The Bertz CT molecular complexity index is 497. The normalized spacial score (nSPS) is 15.1. The van der Waals surface area contributed by atoms with Gasteiger partial charge < -0.3 is 19.7 Å². The smallest absolute Gasteiger partial charge is 0.222 e. The lowest BCUT2D eigenvalue weighted by Gasteiger charge is -2.20. The SMILES string of the molecule is CCCOc1ccc(CCC(=O)N2CCCNCC2)cc1OC. The number of hydrogen-bond acceptors (Lipinski definition) is 4. The fourth-order valence-corrected chi connectivity index (χ4v) is 2.70. The van der Waals surface area contributed by atoms with Gasteiger partial charge in [0.1, 0.15) is 0 Å². The van der Waals surface area contributed by atoms with Crippen molar-refractivity contribution in [2.24, 2.45) is 0 Å². The maximum absolute atomic E-state index is 12.3. The number of rotatable bonds is 7. The van der Waals surface area contributed by atoms with E-state index in [0.29, 0.717) is 13.0 Å². The topological polar surface area (TPSA) is 50.8 Å². The fraction of sp³-hybridized carbons (Fsp3) is 0.611. The van der Waals surface area contributed by atoms with E-state index >= 15 is 0 Å². The first-order valence-corrected chi connectivity index (χ1v) is 8.52. The molecule has 128 valence electrons. The number of ether oxygens (including phenoxy) is 2. The monoisotopic (exact) mass is 320 g/mol.